The molecule has 0 unspecified atom stereocenters. The number of nitrogens with one attached hydrogen (secondary N) is 1. The number of hydrogen-bond donors (Lipinski definition) is 3. The first kappa shape index (κ1) is 12.3. The minimum Gasteiger partial charge on any atom is -0.508 e. The van der Waals surface area contributed by atoms with Gasteiger partial charge in [0, 0.05) is 4.75 Å². The average molecular weight is 253 g/mol. The molecule has 5 heteroatoms. The Morgan fingerprint density at radius 1 is 1.35 bits per heavy atom. The molecule has 0 aliphatic carbocycles. The fourth-order valence-corrected chi connectivity index (χ4v) is 3.35. The standard InChI is InChI=1S/C12H15NO3S/c1-12(2)9(11(15)16)13-10(17-12)7-3-5-8(14)6-4-7/h3-6,9-10,13-14H,1-2H3,(H,15,16)/t9-,10-/m0/s1. The van der Waals surface area contributed by atoms with E-state index in [1.807, 2.05) is 13.8 Å². The van der Waals surface area contributed by atoms with Crippen molar-refractivity contribution in [1.29, 1.82) is 0 Å². The Bertz CT molecular complexity index is 430. The van der Waals surface area contributed by atoms with Gasteiger partial charge < -0.3 is 10.2 Å². The molecule has 17 heavy (non-hydrogen) atoms. The van der Waals surface area contributed by atoms with Crippen LogP contribution in [0.25, 0.3) is 0 Å². The number of benzene rings is 1. The number of rotatable bonds is 2. The van der Waals surface area contributed by atoms with Crippen LogP contribution < -0.4 is 5.32 Å². The van der Waals surface area contributed by atoms with Crippen LogP contribution in [0.15, 0.2) is 24.3 Å². The van der Waals surface area contributed by atoms with E-state index in [2.05, 4.69) is 5.32 Å². The van der Waals surface area contributed by atoms with E-state index in [4.69, 9.17) is 5.11 Å². The lowest BCUT2D eigenvalue weighted by atomic mass is 10.0. The molecule has 2 rings (SSSR count). The van der Waals surface area contributed by atoms with Gasteiger partial charge in [0.25, 0.3) is 0 Å². The molecular weight excluding hydrogens is 238 g/mol. The first-order chi connectivity index (χ1) is 7.90. The van der Waals surface area contributed by atoms with Crippen molar-refractivity contribution < 1.29 is 15.0 Å². The van der Waals surface area contributed by atoms with Crippen LogP contribution in [-0.4, -0.2) is 27.0 Å². The Morgan fingerprint density at radius 2 is 1.94 bits per heavy atom. The van der Waals surface area contributed by atoms with E-state index >= 15 is 0 Å². The van der Waals surface area contributed by atoms with Gasteiger partial charge in [-0.3, -0.25) is 10.1 Å². The third kappa shape index (κ3) is 2.40. The molecule has 2 atom stereocenters. The fourth-order valence-electron chi connectivity index (χ4n) is 1.94. The number of aliphatic carboxylic acids is 1. The molecule has 0 amide bonds. The summed E-state index contributed by atoms with van der Waals surface area (Å²) in [4.78, 5) is 11.1. The van der Waals surface area contributed by atoms with Crippen molar-refractivity contribution in [3.05, 3.63) is 29.8 Å². The van der Waals surface area contributed by atoms with Crippen molar-refractivity contribution in [2.24, 2.45) is 0 Å². The monoisotopic (exact) mass is 253 g/mol. The number of carbonyl (C=O) groups is 1. The van der Waals surface area contributed by atoms with Gasteiger partial charge in [-0.25, -0.2) is 0 Å². The molecule has 3 N–H and O–H groups in total. The predicted molar refractivity (Wildman–Crippen MR) is 67.1 cm³/mol. The molecule has 92 valence electrons. The minimum atomic E-state index is -0.830. The minimum absolute atomic E-state index is 0.0494. The molecule has 1 aromatic rings. The van der Waals surface area contributed by atoms with Crippen LogP contribution in [0.4, 0.5) is 0 Å². The van der Waals surface area contributed by atoms with E-state index in [0.717, 1.165) is 5.56 Å². The zero-order chi connectivity index (χ0) is 12.6. The lowest BCUT2D eigenvalue weighted by Crippen LogP contribution is -2.43. The lowest BCUT2D eigenvalue weighted by molar-refractivity contribution is -0.139. The van der Waals surface area contributed by atoms with Crippen LogP contribution in [0.3, 0.4) is 0 Å². The van der Waals surface area contributed by atoms with E-state index in [9.17, 15) is 9.90 Å². The zero-order valence-corrected chi connectivity index (χ0v) is 10.5. The van der Waals surface area contributed by atoms with Crippen LogP contribution in [-0.2, 0) is 4.79 Å². The number of thioether (sulfide) groups is 1. The molecule has 1 aromatic carbocycles. The van der Waals surface area contributed by atoms with Gasteiger partial charge in [0.2, 0.25) is 0 Å². The highest BCUT2D eigenvalue weighted by molar-refractivity contribution is 8.01. The number of carboxylic acids is 1. The number of aromatic hydroxyl groups is 1. The van der Waals surface area contributed by atoms with E-state index in [1.165, 1.54) is 0 Å². The highest BCUT2D eigenvalue weighted by atomic mass is 32.2. The maximum absolute atomic E-state index is 11.1. The van der Waals surface area contributed by atoms with Crippen molar-refractivity contribution in [1.82, 2.24) is 5.32 Å². The second kappa shape index (κ2) is 4.23. The van der Waals surface area contributed by atoms with Crippen LogP contribution in [0.2, 0.25) is 0 Å². The fraction of sp³-hybridized carbons (Fsp3) is 0.417. The lowest BCUT2D eigenvalue weighted by Gasteiger charge is -2.20. The summed E-state index contributed by atoms with van der Waals surface area (Å²) in [5.74, 6) is -0.616. The summed E-state index contributed by atoms with van der Waals surface area (Å²) in [5, 5.41) is 21.4. The molecule has 1 fully saturated rings. The van der Waals surface area contributed by atoms with Crippen molar-refractivity contribution in [2.45, 2.75) is 30.0 Å². The Balaban J connectivity index is 2.21. The van der Waals surface area contributed by atoms with Gasteiger partial charge in [-0.15, -0.1) is 11.8 Å². The van der Waals surface area contributed by atoms with Crippen molar-refractivity contribution in [3.63, 3.8) is 0 Å². The molecule has 0 bridgehead atoms. The highest BCUT2D eigenvalue weighted by Crippen LogP contribution is 2.45. The Hall–Kier alpha value is -1.20. The molecule has 1 heterocycles. The Labute approximate surface area is 104 Å². The molecule has 1 aliphatic rings. The van der Waals surface area contributed by atoms with Crippen LogP contribution >= 0.6 is 11.8 Å². The largest absolute Gasteiger partial charge is 0.508 e. The SMILES string of the molecule is CC1(C)S[C@@H](c2ccc(O)cc2)N[C@H]1C(=O)O. The summed E-state index contributed by atoms with van der Waals surface area (Å²) in [7, 11) is 0. The summed E-state index contributed by atoms with van der Waals surface area (Å²) in [5.41, 5.74) is 0.977. The van der Waals surface area contributed by atoms with Gasteiger partial charge in [0.1, 0.15) is 11.8 Å². The van der Waals surface area contributed by atoms with Crippen LogP contribution in [0, 0.1) is 0 Å². The molecule has 0 spiro atoms. The summed E-state index contributed by atoms with van der Waals surface area (Å²) < 4.78 is -0.353. The van der Waals surface area contributed by atoms with Crippen molar-refractivity contribution in [2.75, 3.05) is 0 Å². The smallest absolute Gasteiger partial charge is 0.322 e. The quantitative estimate of drug-likeness (QED) is 0.751. The zero-order valence-electron chi connectivity index (χ0n) is 9.68. The average Bonchev–Trinajstić information content (AvgIpc) is 2.55. The van der Waals surface area contributed by atoms with E-state index in [1.54, 1.807) is 36.0 Å². The van der Waals surface area contributed by atoms with Gasteiger partial charge in [-0.05, 0) is 31.5 Å². The molecular formula is C12H15NO3S. The third-order valence-electron chi connectivity index (χ3n) is 2.88. The van der Waals surface area contributed by atoms with E-state index in [0.29, 0.717) is 0 Å². The normalized spacial score (nSPS) is 26.9. The first-order valence-corrected chi connectivity index (χ1v) is 6.24. The van der Waals surface area contributed by atoms with Crippen molar-refractivity contribution >= 4 is 17.7 Å². The third-order valence-corrected chi connectivity index (χ3v) is 4.36. The van der Waals surface area contributed by atoms with Crippen molar-refractivity contribution in [3.8, 4) is 5.75 Å². The van der Waals surface area contributed by atoms with Gasteiger partial charge in [0.15, 0.2) is 0 Å². The summed E-state index contributed by atoms with van der Waals surface area (Å²) in [6, 6.07) is 6.27. The topological polar surface area (TPSA) is 69.6 Å². The predicted octanol–water partition coefficient (Wildman–Crippen LogP) is 1.96. The molecule has 0 aromatic heterocycles. The number of phenols is 1. The maximum atomic E-state index is 11.1. The number of phenolic OH excluding ortho intramolecular Hbond substituents is 1. The highest BCUT2D eigenvalue weighted by Gasteiger charge is 2.45. The van der Waals surface area contributed by atoms with E-state index in [-0.39, 0.29) is 15.9 Å². The first-order valence-electron chi connectivity index (χ1n) is 5.36. The summed E-state index contributed by atoms with van der Waals surface area (Å²) in [6.07, 6.45) is 0. The number of carboxylic acid groups (broad SMARTS) is 1. The molecule has 0 radical (unpaired) electrons. The van der Waals surface area contributed by atoms with Crippen LogP contribution in [0.1, 0.15) is 24.8 Å². The Kier molecular flexibility index (Phi) is 3.05. The van der Waals surface area contributed by atoms with Gasteiger partial charge in [-0.1, -0.05) is 12.1 Å². The van der Waals surface area contributed by atoms with Gasteiger partial charge >= 0.3 is 5.97 Å². The molecule has 1 saturated heterocycles. The molecule has 4 nitrogen and oxygen atoms in total. The second-order valence-electron chi connectivity index (χ2n) is 4.63. The molecule has 1 aliphatic heterocycles. The van der Waals surface area contributed by atoms with E-state index < -0.39 is 12.0 Å². The molecule has 0 saturated carbocycles. The Morgan fingerprint density at radius 3 is 2.41 bits per heavy atom. The maximum Gasteiger partial charge on any atom is 0.322 e. The number of hydrogen-bond acceptors (Lipinski definition) is 4. The van der Waals surface area contributed by atoms with Gasteiger partial charge in [0.05, 0.1) is 5.37 Å². The van der Waals surface area contributed by atoms with Crippen LogP contribution in [0.5, 0.6) is 5.75 Å². The van der Waals surface area contributed by atoms with Gasteiger partial charge in [-0.2, -0.15) is 0 Å². The second-order valence-corrected chi connectivity index (χ2v) is 6.39. The summed E-state index contributed by atoms with van der Waals surface area (Å²) >= 11 is 1.59. The summed E-state index contributed by atoms with van der Waals surface area (Å²) in [6.45, 7) is 3.84.